The van der Waals surface area contributed by atoms with Crippen LogP contribution in [0.2, 0.25) is 0 Å². The molecule has 0 bridgehead atoms. The predicted molar refractivity (Wildman–Crippen MR) is 70.6 cm³/mol. The minimum atomic E-state index is -0.907. The van der Waals surface area contributed by atoms with Gasteiger partial charge in [0.25, 0.3) is 5.91 Å². The van der Waals surface area contributed by atoms with E-state index in [1.807, 2.05) is 0 Å². The average molecular weight is 281 g/mol. The number of carboxylic acid groups (broad SMARTS) is 1. The minimum absolute atomic E-state index is 0.0519. The van der Waals surface area contributed by atoms with Gasteiger partial charge in [0.2, 0.25) is 0 Å². The van der Waals surface area contributed by atoms with Crippen molar-refractivity contribution < 1.29 is 19.5 Å². The van der Waals surface area contributed by atoms with Crippen LogP contribution in [0.15, 0.2) is 11.4 Å². The van der Waals surface area contributed by atoms with Crippen molar-refractivity contribution in [2.75, 3.05) is 0 Å². The summed E-state index contributed by atoms with van der Waals surface area (Å²) in [4.78, 5) is 34.5. The number of aliphatic carboxylic acids is 1. The van der Waals surface area contributed by atoms with E-state index in [4.69, 9.17) is 5.11 Å². The largest absolute Gasteiger partial charge is 0.481 e. The highest BCUT2D eigenvalue weighted by molar-refractivity contribution is 7.12. The minimum Gasteiger partial charge on any atom is -0.481 e. The highest BCUT2D eigenvalue weighted by Crippen LogP contribution is 2.35. The first-order valence-corrected chi connectivity index (χ1v) is 6.94. The lowest BCUT2D eigenvalue weighted by atomic mass is 9.74. The zero-order valence-corrected chi connectivity index (χ0v) is 11.4. The monoisotopic (exact) mass is 281 g/mol. The molecule has 1 aromatic rings. The topological polar surface area (TPSA) is 83.5 Å². The first-order chi connectivity index (χ1) is 8.92. The second-order valence-electron chi connectivity index (χ2n) is 4.91. The number of thiophene rings is 1. The Morgan fingerprint density at radius 3 is 2.53 bits per heavy atom. The molecule has 0 atom stereocenters. The van der Waals surface area contributed by atoms with E-state index < -0.39 is 11.5 Å². The summed E-state index contributed by atoms with van der Waals surface area (Å²) in [7, 11) is 0. The molecule has 2 rings (SSSR count). The number of hydrogen-bond acceptors (Lipinski definition) is 4. The van der Waals surface area contributed by atoms with Crippen molar-refractivity contribution in [2.45, 2.75) is 38.1 Å². The lowest BCUT2D eigenvalue weighted by molar-refractivity contribution is -0.139. The molecule has 0 aliphatic heterocycles. The van der Waals surface area contributed by atoms with Crippen LogP contribution in [0.4, 0.5) is 0 Å². The van der Waals surface area contributed by atoms with Gasteiger partial charge in [-0.3, -0.25) is 14.4 Å². The van der Waals surface area contributed by atoms with Crippen LogP contribution in [0, 0.1) is 0 Å². The first kappa shape index (κ1) is 13.7. The van der Waals surface area contributed by atoms with Gasteiger partial charge < -0.3 is 10.4 Å². The molecule has 1 heterocycles. The highest BCUT2D eigenvalue weighted by atomic mass is 32.1. The molecule has 2 N–H and O–H groups in total. The number of amides is 1. The fourth-order valence-corrected chi connectivity index (χ4v) is 3.02. The van der Waals surface area contributed by atoms with Crippen molar-refractivity contribution in [3.05, 3.63) is 21.9 Å². The standard InChI is InChI=1S/C13H15NO4S/c1-8(15)9-5-10(19-7-9)12(18)14-13(3-2-4-13)6-11(16)17/h5,7H,2-4,6H2,1H3,(H,14,18)(H,16,17). The number of hydrogen-bond donors (Lipinski definition) is 2. The van der Waals surface area contributed by atoms with Gasteiger partial charge in [-0.05, 0) is 32.3 Å². The number of ketones is 1. The molecule has 1 aliphatic carbocycles. The number of carbonyl (C=O) groups is 3. The van der Waals surface area contributed by atoms with Crippen LogP contribution in [0.3, 0.4) is 0 Å². The molecule has 1 aromatic heterocycles. The summed E-state index contributed by atoms with van der Waals surface area (Å²) in [6.07, 6.45) is 2.26. The Morgan fingerprint density at radius 1 is 1.42 bits per heavy atom. The predicted octanol–water partition coefficient (Wildman–Crippen LogP) is 2.08. The van der Waals surface area contributed by atoms with Crippen LogP contribution in [-0.4, -0.2) is 28.3 Å². The average Bonchev–Trinajstić information content (AvgIpc) is 2.74. The van der Waals surface area contributed by atoms with E-state index in [2.05, 4.69) is 5.32 Å². The summed E-state index contributed by atoms with van der Waals surface area (Å²) in [6.45, 7) is 1.45. The third-order valence-corrected chi connectivity index (χ3v) is 4.34. The van der Waals surface area contributed by atoms with Gasteiger partial charge in [-0.1, -0.05) is 0 Å². The van der Waals surface area contributed by atoms with Crippen molar-refractivity contribution in [3.63, 3.8) is 0 Å². The molecular formula is C13H15NO4S. The molecule has 0 radical (unpaired) electrons. The van der Waals surface area contributed by atoms with Crippen molar-refractivity contribution in [1.29, 1.82) is 0 Å². The second-order valence-corrected chi connectivity index (χ2v) is 5.83. The normalized spacial score (nSPS) is 16.5. The third-order valence-electron chi connectivity index (χ3n) is 3.41. The van der Waals surface area contributed by atoms with Crippen molar-refractivity contribution in [2.24, 2.45) is 0 Å². The van der Waals surface area contributed by atoms with Crippen LogP contribution < -0.4 is 5.32 Å². The SMILES string of the molecule is CC(=O)c1csc(C(=O)NC2(CC(=O)O)CCC2)c1. The summed E-state index contributed by atoms with van der Waals surface area (Å²) < 4.78 is 0. The second kappa shape index (κ2) is 5.13. The number of carbonyl (C=O) groups excluding carboxylic acids is 2. The molecule has 102 valence electrons. The van der Waals surface area contributed by atoms with E-state index in [0.29, 0.717) is 23.3 Å². The Bertz CT molecular complexity index is 531. The van der Waals surface area contributed by atoms with Gasteiger partial charge in [0.05, 0.1) is 16.8 Å². The van der Waals surface area contributed by atoms with Crippen LogP contribution >= 0.6 is 11.3 Å². The maximum absolute atomic E-state index is 12.1. The summed E-state index contributed by atoms with van der Waals surface area (Å²) in [5.41, 5.74) is -0.0976. The van der Waals surface area contributed by atoms with Crippen LogP contribution in [-0.2, 0) is 4.79 Å². The van der Waals surface area contributed by atoms with E-state index >= 15 is 0 Å². The molecule has 0 saturated heterocycles. The molecule has 1 saturated carbocycles. The third kappa shape index (κ3) is 3.01. The Morgan fingerprint density at radius 2 is 2.11 bits per heavy atom. The molecular weight excluding hydrogens is 266 g/mol. The molecule has 0 spiro atoms. The molecule has 5 nitrogen and oxygen atoms in total. The summed E-state index contributed by atoms with van der Waals surface area (Å²) in [6, 6.07) is 1.55. The quantitative estimate of drug-likeness (QED) is 0.809. The van der Waals surface area contributed by atoms with Crippen LogP contribution in [0.5, 0.6) is 0 Å². The lowest BCUT2D eigenvalue weighted by Crippen LogP contribution is -2.54. The zero-order valence-electron chi connectivity index (χ0n) is 10.6. The molecule has 6 heteroatoms. The Hall–Kier alpha value is -1.69. The number of nitrogens with one attached hydrogen (secondary N) is 1. The van der Waals surface area contributed by atoms with E-state index in [9.17, 15) is 14.4 Å². The van der Waals surface area contributed by atoms with E-state index in [1.165, 1.54) is 18.3 Å². The van der Waals surface area contributed by atoms with Crippen LogP contribution in [0.25, 0.3) is 0 Å². The molecule has 1 amide bonds. The van der Waals surface area contributed by atoms with Crippen LogP contribution in [0.1, 0.15) is 52.6 Å². The molecule has 0 aromatic carbocycles. The summed E-state index contributed by atoms with van der Waals surface area (Å²) in [5.74, 6) is -1.28. The zero-order chi connectivity index (χ0) is 14.0. The van der Waals surface area contributed by atoms with Crippen molar-refractivity contribution in [1.82, 2.24) is 5.32 Å². The van der Waals surface area contributed by atoms with Gasteiger partial charge in [0, 0.05) is 10.9 Å². The lowest BCUT2D eigenvalue weighted by Gasteiger charge is -2.41. The maximum atomic E-state index is 12.1. The Labute approximate surface area is 114 Å². The van der Waals surface area contributed by atoms with E-state index in [1.54, 1.807) is 11.4 Å². The van der Waals surface area contributed by atoms with E-state index in [-0.39, 0.29) is 18.1 Å². The summed E-state index contributed by atoms with van der Waals surface area (Å²) in [5, 5.41) is 13.3. The first-order valence-electron chi connectivity index (χ1n) is 6.06. The highest BCUT2D eigenvalue weighted by Gasteiger charge is 2.40. The molecule has 0 unspecified atom stereocenters. The van der Waals surface area contributed by atoms with Gasteiger partial charge >= 0.3 is 5.97 Å². The summed E-state index contributed by atoms with van der Waals surface area (Å²) >= 11 is 1.20. The Balaban J connectivity index is 2.07. The molecule has 1 aliphatic rings. The van der Waals surface area contributed by atoms with E-state index in [0.717, 1.165) is 6.42 Å². The molecule has 1 fully saturated rings. The van der Waals surface area contributed by atoms with Gasteiger partial charge in [-0.25, -0.2) is 0 Å². The fraction of sp³-hybridized carbons (Fsp3) is 0.462. The Kier molecular flexibility index (Phi) is 3.71. The van der Waals surface area contributed by atoms with Gasteiger partial charge in [-0.15, -0.1) is 11.3 Å². The number of carboxylic acids is 1. The maximum Gasteiger partial charge on any atom is 0.305 e. The smallest absolute Gasteiger partial charge is 0.305 e. The molecule has 19 heavy (non-hydrogen) atoms. The number of rotatable bonds is 5. The van der Waals surface area contributed by atoms with Gasteiger partial charge in [0.1, 0.15) is 0 Å². The van der Waals surface area contributed by atoms with Crippen molar-refractivity contribution >= 4 is 29.0 Å². The fourth-order valence-electron chi connectivity index (χ4n) is 2.18. The van der Waals surface area contributed by atoms with Crippen molar-refractivity contribution in [3.8, 4) is 0 Å². The van der Waals surface area contributed by atoms with Gasteiger partial charge in [-0.2, -0.15) is 0 Å². The number of Topliss-reactive ketones (excluding diaryl/α,β-unsaturated/α-hetero) is 1. The van der Waals surface area contributed by atoms with Gasteiger partial charge in [0.15, 0.2) is 5.78 Å².